The molecular formula is C8H11Cr. The van der Waals surface area contributed by atoms with E-state index in [9.17, 15) is 0 Å². The third kappa shape index (κ3) is 1.48. The van der Waals surface area contributed by atoms with Crippen LogP contribution < -0.4 is 0 Å². The van der Waals surface area contributed by atoms with Gasteiger partial charge in [-0.05, 0) is 0 Å². The van der Waals surface area contributed by atoms with Gasteiger partial charge >= 0.3 is 64.6 Å². The second-order valence-corrected chi connectivity index (χ2v) is 3.41. The fourth-order valence-corrected chi connectivity index (χ4v) is 1.64. The molecule has 0 atom stereocenters. The van der Waals surface area contributed by atoms with Crippen molar-refractivity contribution in [3.8, 4) is 0 Å². The Labute approximate surface area is 65.1 Å². The zero-order valence-corrected chi connectivity index (χ0v) is 7.12. The van der Waals surface area contributed by atoms with Gasteiger partial charge < -0.3 is 0 Å². The predicted octanol–water partition coefficient (Wildman–Crippen LogP) is 2.40. The molecule has 0 radical (unpaired) electrons. The van der Waals surface area contributed by atoms with Crippen molar-refractivity contribution in [3.63, 3.8) is 0 Å². The third-order valence-corrected chi connectivity index (χ3v) is 2.17. The first-order valence-corrected chi connectivity index (χ1v) is 3.92. The SMILES string of the molecule is CC(C)C1=[C]([Cr])CC=C1. The van der Waals surface area contributed by atoms with E-state index < -0.39 is 0 Å². The number of rotatable bonds is 1. The summed E-state index contributed by atoms with van der Waals surface area (Å²) in [5, 5.41) is 0. The Hall–Kier alpha value is 0.0125. The van der Waals surface area contributed by atoms with Crippen LogP contribution in [0.4, 0.5) is 0 Å². The van der Waals surface area contributed by atoms with Gasteiger partial charge in [-0.1, -0.05) is 0 Å². The molecule has 0 unspecified atom stereocenters. The minimum atomic E-state index is 0.681. The average molecular weight is 159 g/mol. The van der Waals surface area contributed by atoms with Crippen LogP contribution >= 0.6 is 0 Å². The van der Waals surface area contributed by atoms with Gasteiger partial charge in [0.25, 0.3) is 0 Å². The van der Waals surface area contributed by atoms with E-state index in [0.717, 1.165) is 6.42 Å². The van der Waals surface area contributed by atoms with Crippen LogP contribution in [-0.2, 0) is 16.3 Å². The number of hydrogen-bond donors (Lipinski definition) is 0. The van der Waals surface area contributed by atoms with Crippen molar-refractivity contribution in [3.05, 3.63) is 22.2 Å². The molecule has 0 nitrogen and oxygen atoms in total. The topological polar surface area (TPSA) is 0 Å². The summed E-state index contributed by atoms with van der Waals surface area (Å²) >= 11 is 3.09. The first-order valence-electron chi connectivity index (χ1n) is 3.28. The Bertz CT molecular complexity index is 163. The van der Waals surface area contributed by atoms with Crippen LogP contribution in [0.5, 0.6) is 0 Å². The summed E-state index contributed by atoms with van der Waals surface area (Å²) in [6.45, 7) is 4.45. The first-order chi connectivity index (χ1) is 4.22. The molecule has 0 saturated carbocycles. The monoisotopic (exact) mass is 159 g/mol. The van der Waals surface area contributed by atoms with Gasteiger partial charge in [0.05, 0.1) is 0 Å². The maximum absolute atomic E-state index is 3.09. The standard InChI is InChI=1S/C8H11.Cr/c1-7(2)8-5-3-4-6-8;/h3,5,7H,4H2,1-2H3;. The zero-order valence-electron chi connectivity index (χ0n) is 5.85. The molecule has 49 valence electrons. The molecule has 1 aliphatic carbocycles. The van der Waals surface area contributed by atoms with E-state index in [1.54, 1.807) is 0 Å². The quantitative estimate of drug-likeness (QED) is 0.551. The minimum absolute atomic E-state index is 0.681. The molecule has 0 aromatic rings. The van der Waals surface area contributed by atoms with Crippen molar-refractivity contribution in [2.75, 3.05) is 0 Å². The molecular weight excluding hydrogens is 148 g/mol. The second-order valence-electron chi connectivity index (χ2n) is 2.64. The zero-order chi connectivity index (χ0) is 6.85. The van der Waals surface area contributed by atoms with Crippen LogP contribution in [0, 0.1) is 5.92 Å². The van der Waals surface area contributed by atoms with Crippen molar-refractivity contribution in [1.29, 1.82) is 0 Å². The van der Waals surface area contributed by atoms with Crippen LogP contribution in [0.25, 0.3) is 0 Å². The molecule has 9 heavy (non-hydrogen) atoms. The fourth-order valence-electron chi connectivity index (χ4n) is 1.02. The summed E-state index contributed by atoms with van der Waals surface area (Å²) in [4.78, 5) is 0. The van der Waals surface area contributed by atoms with E-state index in [0.29, 0.717) is 5.92 Å². The van der Waals surface area contributed by atoms with Crippen LogP contribution in [0.2, 0.25) is 0 Å². The summed E-state index contributed by atoms with van der Waals surface area (Å²) < 4.78 is 1.42. The Morgan fingerprint density at radius 1 is 1.56 bits per heavy atom. The maximum atomic E-state index is 3.09. The molecule has 1 heteroatoms. The van der Waals surface area contributed by atoms with E-state index >= 15 is 0 Å². The van der Waals surface area contributed by atoms with Gasteiger partial charge in [0.1, 0.15) is 0 Å². The van der Waals surface area contributed by atoms with Crippen LogP contribution in [0.15, 0.2) is 22.2 Å². The number of allylic oxidation sites excluding steroid dienone is 4. The van der Waals surface area contributed by atoms with E-state index in [1.165, 1.54) is 10.0 Å². The van der Waals surface area contributed by atoms with Crippen molar-refractivity contribution in [2.24, 2.45) is 5.92 Å². The van der Waals surface area contributed by atoms with Crippen LogP contribution in [0.1, 0.15) is 20.3 Å². The normalized spacial score (nSPS) is 18.1. The van der Waals surface area contributed by atoms with Crippen molar-refractivity contribution in [1.82, 2.24) is 0 Å². The first kappa shape index (κ1) is 7.12. The number of hydrogen-bond acceptors (Lipinski definition) is 0. The van der Waals surface area contributed by atoms with Gasteiger partial charge in [0.2, 0.25) is 0 Å². The molecule has 0 spiro atoms. The van der Waals surface area contributed by atoms with E-state index in [4.69, 9.17) is 0 Å². The second kappa shape index (κ2) is 2.73. The molecule has 0 aromatic carbocycles. The van der Waals surface area contributed by atoms with Gasteiger partial charge in [-0.3, -0.25) is 0 Å². The molecule has 1 aliphatic rings. The summed E-state index contributed by atoms with van der Waals surface area (Å²) in [7, 11) is 0. The van der Waals surface area contributed by atoms with Gasteiger partial charge in [0.15, 0.2) is 0 Å². The molecule has 0 saturated heterocycles. The summed E-state index contributed by atoms with van der Waals surface area (Å²) in [5.41, 5.74) is 1.48. The molecule has 0 fully saturated rings. The molecule has 0 N–H and O–H groups in total. The fraction of sp³-hybridized carbons (Fsp3) is 0.500. The van der Waals surface area contributed by atoms with Gasteiger partial charge in [-0.25, -0.2) is 0 Å². The Morgan fingerprint density at radius 2 is 2.22 bits per heavy atom. The Balaban J connectivity index is 2.77. The van der Waals surface area contributed by atoms with Gasteiger partial charge in [-0.2, -0.15) is 0 Å². The van der Waals surface area contributed by atoms with Crippen molar-refractivity contribution in [2.45, 2.75) is 20.3 Å². The van der Waals surface area contributed by atoms with Crippen LogP contribution in [-0.4, -0.2) is 0 Å². The molecule has 0 amide bonds. The van der Waals surface area contributed by atoms with Crippen molar-refractivity contribution >= 4 is 0 Å². The van der Waals surface area contributed by atoms with E-state index in [1.807, 2.05) is 0 Å². The van der Waals surface area contributed by atoms with Gasteiger partial charge in [-0.15, -0.1) is 0 Å². The summed E-state index contributed by atoms with van der Waals surface area (Å²) in [6.07, 6.45) is 5.55. The van der Waals surface area contributed by atoms with E-state index in [2.05, 4.69) is 42.3 Å². The van der Waals surface area contributed by atoms with Crippen LogP contribution in [0.3, 0.4) is 0 Å². The van der Waals surface area contributed by atoms with E-state index in [-0.39, 0.29) is 0 Å². The Kier molecular flexibility index (Phi) is 2.16. The molecule has 1 rings (SSSR count). The molecule has 0 heterocycles. The third-order valence-electron chi connectivity index (χ3n) is 1.54. The van der Waals surface area contributed by atoms with Gasteiger partial charge in [0, 0.05) is 0 Å². The molecule has 0 bridgehead atoms. The Morgan fingerprint density at radius 3 is 2.44 bits per heavy atom. The molecule has 0 aromatic heterocycles. The summed E-state index contributed by atoms with van der Waals surface area (Å²) in [6, 6.07) is 0. The average Bonchev–Trinajstić information content (AvgIpc) is 2.13. The summed E-state index contributed by atoms with van der Waals surface area (Å²) in [5.74, 6) is 0.681. The molecule has 0 aliphatic heterocycles. The predicted molar refractivity (Wildman–Crippen MR) is 35.6 cm³/mol. The van der Waals surface area contributed by atoms with Crippen molar-refractivity contribution < 1.29 is 16.3 Å².